The lowest BCUT2D eigenvalue weighted by Crippen LogP contribution is -2.45. The second-order valence-electron chi connectivity index (χ2n) is 7.29. The average molecular weight is 383 g/mol. The van der Waals surface area contributed by atoms with E-state index in [4.69, 9.17) is 0 Å². The maximum absolute atomic E-state index is 12.8. The summed E-state index contributed by atoms with van der Waals surface area (Å²) in [6.07, 6.45) is 3.34. The van der Waals surface area contributed by atoms with E-state index in [2.05, 4.69) is 40.4 Å². The van der Waals surface area contributed by atoms with Crippen LogP contribution in [0.4, 0.5) is 11.4 Å². The molecular formula is C22H30N4O2. The van der Waals surface area contributed by atoms with E-state index in [1.54, 1.807) is 26.2 Å². The largest absolute Gasteiger partial charge is 0.372 e. The lowest BCUT2D eigenvalue weighted by atomic mass is 9.90. The Morgan fingerprint density at radius 1 is 1.04 bits per heavy atom. The minimum absolute atomic E-state index is 0.320. The zero-order valence-corrected chi connectivity index (χ0v) is 17.4. The van der Waals surface area contributed by atoms with E-state index >= 15 is 0 Å². The summed E-state index contributed by atoms with van der Waals surface area (Å²) in [7, 11) is 0. The van der Waals surface area contributed by atoms with Crippen molar-refractivity contribution in [1.29, 1.82) is 0 Å². The van der Waals surface area contributed by atoms with Gasteiger partial charge in [-0.25, -0.2) is 0 Å². The van der Waals surface area contributed by atoms with Crippen molar-refractivity contribution in [2.24, 2.45) is 5.41 Å². The molecule has 6 heteroatoms. The Hall–Kier alpha value is -2.89. The van der Waals surface area contributed by atoms with Crippen LogP contribution in [-0.2, 0) is 16.1 Å². The number of hydrogen-bond donors (Lipinski definition) is 2. The number of nitrogens with one attached hydrogen (secondary N) is 2. The van der Waals surface area contributed by atoms with Gasteiger partial charge in [-0.05, 0) is 76.1 Å². The van der Waals surface area contributed by atoms with Crippen molar-refractivity contribution >= 4 is 23.2 Å². The molecule has 6 nitrogen and oxygen atoms in total. The van der Waals surface area contributed by atoms with Gasteiger partial charge in [0.05, 0.1) is 0 Å². The standard InChI is InChI=1S/C22H30N4O2/c1-6-26(7-2)18-8-9-19(16(3)14-18)25-21(28)22(4,5)20(27)24-15-17-10-12-23-13-11-17/h8-14H,6-7,15H2,1-5H3,(H,24,27)(H,25,28). The van der Waals surface area contributed by atoms with Crippen molar-refractivity contribution in [2.75, 3.05) is 23.3 Å². The Morgan fingerprint density at radius 3 is 2.25 bits per heavy atom. The Labute approximate surface area is 167 Å². The molecule has 0 fully saturated rings. The van der Waals surface area contributed by atoms with Crippen molar-refractivity contribution in [3.63, 3.8) is 0 Å². The highest BCUT2D eigenvalue weighted by atomic mass is 16.2. The fourth-order valence-corrected chi connectivity index (χ4v) is 2.86. The SMILES string of the molecule is CCN(CC)c1ccc(NC(=O)C(C)(C)C(=O)NCc2ccncc2)c(C)c1. The minimum Gasteiger partial charge on any atom is -0.372 e. The van der Waals surface area contributed by atoms with Gasteiger partial charge < -0.3 is 15.5 Å². The van der Waals surface area contributed by atoms with Crippen LogP contribution in [0.15, 0.2) is 42.7 Å². The minimum atomic E-state index is -1.20. The molecule has 0 atom stereocenters. The van der Waals surface area contributed by atoms with Crippen LogP contribution in [0, 0.1) is 12.3 Å². The maximum Gasteiger partial charge on any atom is 0.239 e. The highest BCUT2D eigenvalue weighted by molar-refractivity contribution is 6.10. The first-order chi connectivity index (χ1) is 13.3. The molecule has 0 aliphatic carbocycles. The Bertz CT molecular complexity index is 815. The van der Waals surface area contributed by atoms with Crippen LogP contribution in [0.2, 0.25) is 0 Å². The Kier molecular flexibility index (Phi) is 7.15. The fraction of sp³-hybridized carbons (Fsp3) is 0.409. The zero-order valence-electron chi connectivity index (χ0n) is 17.4. The molecule has 1 aromatic carbocycles. The molecule has 0 aliphatic rings. The summed E-state index contributed by atoms with van der Waals surface area (Å²) in [5, 5.41) is 5.73. The number of rotatable bonds is 8. The van der Waals surface area contributed by atoms with Gasteiger partial charge in [0.25, 0.3) is 0 Å². The zero-order chi connectivity index (χ0) is 20.7. The van der Waals surface area contributed by atoms with E-state index in [-0.39, 0.29) is 11.8 Å². The highest BCUT2D eigenvalue weighted by Crippen LogP contribution is 2.25. The second-order valence-corrected chi connectivity index (χ2v) is 7.29. The van der Waals surface area contributed by atoms with E-state index in [1.807, 2.05) is 31.2 Å². The first-order valence-electron chi connectivity index (χ1n) is 9.63. The van der Waals surface area contributed by atoms with Crippen molar-refractivity contribution in [2.45, 2.75) is 41.2 Å². The summed E-state index contributed by atoms with van der Waals surface area (Å²) in [6, 6.07) is 9.60. The molecular weight excluding hydrogens is 352 g/mol. The first-order valence-corrected chi connectivity index (χ1v) is 9.63. The van der Waals surface area contributed by atoms with Crippen molar-refractivity contribution in [3.8, 4) is 0 Å². The first kappa shape index (κ1) is 21.4. The van der Waals surface area contributed by atoms with Gasteiger partial charge in [-0.3, -0.25) is 14.6 Å². The highest BCUT2D eigenvalue weighted by Gasteiger charge is 2.36. The molecule has 2 aromatic rings. The molecule has 0 radical (unpaired) electrons. The predicted octanol–water partition coefficient (Wildman–Crippen LogP) is 3.52. The van der Waals surface area contributed by atoms with Gasteiger partial charge in [0, 0.05) is 43.4 Å². The van der Waals surface area contributed by atoms with Gasteiger partial charge in [-0.15, -0.1) is 0 Å². The predicted molar refractivity (Wildman–Crippen MR) is 113 cm³/mol. The van der Waals surface area contributed by atoms with Gasteiger partial charge in [0.15, 0.2) is 0 Å². The van der Waals surface area contributed by atoms with Gasteiger partial charge >= 0.3 is 0 Å². The molecule has 2 N–H and O–H groups in total. The lowest BCUT2D eigenvalue weighted by Gasteiger charge is -2.25. The number of anilines is 2. The summed E-state index contributed by atoms with van der Waals surface area (Å²) in [6.45, 7) is 11.6. The molecule has 2 amide bonds. The third-order valence-electron chi connectivity index (χ3n) is 4.92. The van der Waals surface area contributed by atoms with Crippen LogP contribution in [-0.4, -0.2) is 29.9 Å². The van der Waals surface area contributed by atoms with E-state index in [9.17, 15) is 9.59 Å². The molecule has 2 rings (SSSR count). The van der Waals surface area contributed by atoms with Crippen molar-refractivity contribution in [3.05, 3.63) is 53.9 Å². The molecule has 1 aromatic heterocycles. The quantitative estimate of drug-likeness (QED) is 0.685. The molecule has 0 aliphatic heterocycles. The fourth-order valence-electron chi connectivity index (χ4n) is 2.86. The summed E-state index contributed by atoms with van der Waals surface area (Å²) in [5.41, 5.74) is 2.54. The number of nitrogens with zero attached hydrogens (tertiary/aromatic N) is 2. The topological polar surface area (TPSA) is 74.3 Å². The molecule has 1 heterocycles. The van der Waals surface area contributed by atoms with Crippen LogP contribution in [0.5, 0.6) is 0 Å². The number of carbonyl (C=O) groups is 2. The third kappa shape index (κ3) is 5.09. The van der Waals surface area contributed by atoms with Crippen LogP contribution in [0.25, 0.3) is 0 Å². The molecule has 0 saturated heterocycles. The summed E-state index contributed by atoms with van der Waals surface area (Å²) >= 11 is 0. The number of amides is 2. The van der Waals surface area contributed by atoms with E-state index in [0.29, 0.717) is 6.54 Å². The second kappa shape index (κ2) is 9.35. The van der Waals surface area contributed by atoms with Gasteiger partial charge in [-0.1, -0.05) is 0 Å². The number of aromatic nitrogens is 1. The monoisotopic (exact) mass is 382 g/mol. The van der Waals surface area contributed by atoms with Crippen LogP contribution >= 0.6 is 0 Å². The van der Waals surface area contributed by atoms with Crippen molar-refractivity contribution < 1.29 is 9.59 Å². The number of aryl methyl sites for hydroxylation is 1. The number of benzene rings is 1. The lowest BCUT2D eigenvalue weighted by molar-refractivity contribution is -0.138. The van der Waals surface area contributed by atoms with Crippen LogP contribution in [0.3, 0.4) is 0 Å². The number of carbonyl (C=O) groups excluding carboxylic acids is 2. The van der Waals surface area contributed by atoms with Crippen LogP contribution < -0.4 is 15.5 Å². The summed E-state index contributed by atoms with van der Waals surface area (Å²) in [5.74, 6) is -0.655. The van der Waals surface area contributed by atoms with Gasteiger partial charge in [-0.2, -0.15) is 0 Å². The molecule has 28 heavy (non-hydrogen) atoms. The molecule has 0 unspecified atom stereocenters. The average Bonchev–Trinajstić information content (AvgIpc) is 2.69. The van der Waals surface area contributed by atoms with E-state index in [1.165, 1.54) is 0 Å². The summed E-state index contributed by atoms with van der Waals surface area (Å²) < 4.78 is 0. The molecule has 0 spiro atoms. The third-order valence-corrected chi connectivity index (χ3v) is 4.92. The summed E-state index contributed by atoms with van der Waals surface area (Å²) in [4.78, 5) is 31.6. The van der Waals surface area contributed by atoms with Gasteiger partial charge in [0.1, 0.15) is 5.41 Å². The van der Waals surface area contributed by atoms with E-state index in [0.717, 1.165) is 35.6 Å². The molecule has 0 bridgehead atoms. The van der Waals surface area contributed by atoms with Gasteiger partial charge in [0.2, 0.25) is 11.8 Å². The van der Waals surface area contributed by atoms with Crippen molar-refractivity contribution in [1.82, 2.24) is 10.3 Å². The van der Waals surface area contributed by atoms with E-state index < -0.39 is 5.41 Å². The Balaban J connectivity index is 2.04. The van der Waals surface area contributed by atoms with Crippen LogP contribution in [0.1, 0.15) is 38.8 Å². The normalized spacial score (nSPS) is 11.0. The number of pyridine rings is 1. The Morgan fingerprint density at radius 2 is 1.68 bits per heavy atom. The molecule has 0 saturated carbocycles. The molecule has 150 valence electrons. The number of hydrogen-bond acceptors (Lipinski definition) is 4. The maximum atomic E-state index is 12.8. The smallest absolute Gasteiger partial charge is 0.239 e.